The van der Waals surface area contributed by atoms with E-state index in [9.17, 15) is 4.79 Å². The summed E-state index contributed by atoms with van der Waals surface area (Å²) >= 11 is 0. The lowest BCUT2D eigenvalue weighted by atomic mass is 9.62. The van der Waals surface area contributed by atoms with Gasteiger partial charge in [-0.1, -0.05) is 0 Å². The normalized spacial score (nSPS) is 46.5. The van der Waals surface area contributed by atoms with Crippen molar-refractivity contribution >= 4 is 5.78 Å². The van der Waals surface area contributed by atoms with Gasteiger partial charge in [0.25, 0.3) is 0 Å². The number of rotatable bonds is 1. The van der Waals surface area contributed by atoms with Gasteiger partial charge in [0.15, 0.2) is 0 Å². The van der Waals surface area contributed by atoms with E-state index in [1.54, 1.807) is 0 Å². The second-order valence-corrected chi connectivity index (χ2v) is 5.70. The maximum absolute atomic E-state index is 11.6. The molecule has 1 heteroatoms. The van der Waals surface area contributed by atoms with Gasteiger partial charge in [-0.3, -0.25) is 4.79 Å². The summed E-state index contributed by atoms with van der Waals surface area (Å²) in [6, 6.07) is 0. The van der Waals surface area contributed by atoms with Crippen LogP contribution < -0.4 is 0 Å². The minimum absolute atomic E-state index is 0.423. The largest absolute Gasteiger partial charge is 0.300 e. The summed E-state index contributed by atoms with van der Waals surface area (Å²) in [4.78, 5) is 11.6. The molecule has 3 aliphatic rings. The molecular weight excluding hydrogens is 184 g/mol. The van der Waals surface area contributed by atoms with E-state index >= 15 is 0 Å². The first-order chi connectivity index (χ1) is 7.22. The van der Waals surface area contributed by atoms with E-state index in [-0.39, 0.29) is 0 Å². The van der Waals surface area contributed by atoms with Crippen molar-refractivity contribution in [3.05, 3.63) is 0 Å². The van der Waals surface area contributed by atoms with Gasteiger partial charge in [0.2, 0.25) is 0 Å². The number of hydrogen-bond donors (Lipinski definition) is 0. The lowest BCUT2D eigenvalue weighted by molar-refractivity contribution is -0.125. The third kappa shape index (κ3) is 1.08. The van der Waals surface area contributed by atoms with Crippen LogP contribution in [0.2, 0.25) is 0 Å². The van der Waals surface area contributed by atoms with Crippen molar-refractivity contribution < 1.29 is 4.79 Å². The Hall–Kier alpha value is -0.770. The van der Waals surface area contributed by atoms with Crippen molar-refractivity contribution in [3.63, 3.8) is 0 Å². The fraction of sp³-hybridized carbons (Fsp3) is 0.786. The quantitative estimate of drug-likeness (QED) is 0.597. The Bertz CT molecular complexity index is 373. The second kappa shape index (κ2) is 2.88. The highest BCUT2D eigenvalue weighted by molar-refractivity contribution is 5.81. The molecule has 0 saturated heterocycles. The average molecular weight is 202 g/mol. The molecule has 3 aliphatic carbocycles. The van der Waals surface area contributed by atoms with E-state index in [2.05, 4.69) is 11.8 Å². The summed E-state index contributed by atoms with van der Waals surface area (Å²) in [5.74, 6) is 7.71. The summed E-state index contributed by atoms with van der Waals surface area (Å²) < 4.78 is 0. The molecule has 0 heterocycles. The molecule has 0 aromatic heterocycles. The van der Waals surface area contributed by atoms with Gasteiger partial charge < -0.3 is 0 Å². The fourth-order valence-corrected chi connectivity index (χ4v) is 4.32. The topological polar surface area (TPSA) is 17.1 Å². The molecule has 0 aliphatic heterocycles. The van der Waals surface area contributed by atoms with Crippen molar-refractivity contribution in [1.29, 1.82) is 0 Å². The van der Waals surface area contributed by atoms with E-state index in [1.807, 2.05) is 6.92 Å². The Balaban J connectivity index is 1.91. The van der Waals surface area contributed by atoms with Crippen LogP contribution in [0.5, 0.6) is 0 Å². The van der Waals surface area contributed by atoms with Gasteiger partial charge in [0, 0.05) is 19.3 Å². The van der Waals surface area contributed by atoms with Crippen LogP contribution in [-0.4, -0.2) is 5.78 Å². The van der Waals surface area contributed by atoms with Crippen molar-refractivity contribution in [2.24, 2.45) is 16.7 Å². The first kappa shape index (κ1) is 9.46. The number of ketones is 1. The first-order valence-corrected chi connectivity index (χ1v) is 6.14. The van der Waals surface area contributed by atoms with E-state index in [4.69, 9.17) is 0 Å². The molecule has 0 bridgehead atoms. The SMILES string of the molecule is CC#CC[C@@]12CCC(=O)C[C@]13C[C@@H]3CC2. The second-order valence-electron chi connectivity index (χ2n) is 5.70. The maximum atomic E-state index is 11.6. The maximum Gasteiger partial charge on any atom is 0.133 e. The lowest BCUT2D eigenvalue weighted by Gasteiger charge is -2.41. The highest BCUT2D eigenvalue weighted by atomic mass is 16.1. The molecule has 3 rings (SSSR count). The summed E-state index contributed by atoms with van der Waals surface area (Å²) in [6.07, 6.45) is 7.88. The summed E-state index contributed by atoms with van der Waals surface area (Å²) in [6.45, 7) is 1.93. The van der Waals surface area contributed by atoms with Gasteiger partial charge in [-0.05, 0) is 49.4 Å². The van der Waals surface area contributed by atoms with E-state index < -0.39 is 0 Å². The van der Waals surface area contributed by atoms with Crippen LogP contribution in [0, 0.1) is 28.6 Å². The minimum Gasteiger partial charge on any atom is -0.300 e. The predicted molar refractivity (Wildman–Crippen MR) is 59.1 cm³/mol. The molecule has 0 aromatic rings. The monoisotopic (exact) mass is 202 g/mol. The molecule has 1 nitrogen and oxygen atoms in total. The Morgan fingerprint density at radius 2 is 2.33 bits per heavy atom. The zero-order valence-electron chi connectivity index (χ0n) is 9.44. The van der Waals surface area contributed by atoms with Gasteiger partial charge in [-0.15, -0.1) is 11.8 Å². The molecular formula is C14H18O. The molecule has 0 aromatic carbocycles. The van der Waals surface area contributed by atoms with Gasteiger partial charge in [0.05, 0.1) is 0 Å². The van der Waals surface area contributed by atoms with Gasteiger partial charge in [-0.2, -0.15) is 0 Å². The standard InChI is InChI=1S/C14H18O/c1-2-3-6-13-7-4-11-9-14(11,13)10-12(15)5-8-13/h11H,4-10H2,1H3/t11-,13+,14-/m0/s1. The lowest BCUT2D eigenvalue weighted by Crippen LogP contribution is -2.36. The molecule has 0 N–H and O–H groups in total. The number of Topliss-reactive ketones (excluding diaryl/α,β-unsaturated/α-hetero) is 1. The zero-order valence-corrected chi connectivity index (χ0v) is 9.44. The van der Waals surface area contributed by atoms with Crippen LogP contribution in [0.4, 0.5) is 0 Å². The average Bonchev–Trinajstić information content (AvgIpc) is 2.84. The van der Waals surface area contributed by atoms with E-state index in [1.165, 1.54) is 19.3 Å². The van der Waals surface area contributed by atoms with Crippen LogP contribution in [0.15, 0.2) is 0 Å². The summed E-state index contributed by atoms with van der Waals surface area (Å²) in [5, 5.41) is 0. The molecule has 3 saturated carbocycles. The van der Waals surface area contributed by atoms with Crippen molar-refractivity contribution in [2.45, 2.75) is 51.9 Å². The number of carbonyl (C=O) groups is 1. The number of carbonyl (C=O) groups excluding carboxylic acids is 1. The van der Waals surface area contributed by atoms with Crippen molar-refractivity contribution in [3.8, 4) is 11.8 Å². The molecule has 80 valence electrons. The summed E-state index contributed by atoms with van der Waals surface area (Å²) in [5.41, 5.74) is 0.862. The Morgan fingerprint density at radius 1 is 1.47 bits per heavy atom. The molecule has 3 atom stereocenters. The smallest absolute Gasteiger partial charge is 0.133 e. The fourth-order valence-electron chi connectivity index (χ4n) is 4.32. The van der Waals surface area contributed by atoms with Crippen molar-refractivity contribution in [2.75, 3.05) is 0 Å². The molecule has 3 fully saturated rings. The summed E-state index contributed by atoms with van der Waals surface area (Å²) in [7, 11) is 0. The zero-order chi connectivity index (χ0) is 10.5. The Kier molecular flexibility index (Phi) is 1.81. The van der Waals surface area contributed by atoms with Crippen LogP contribution in [0.25, 0.3) is 0 Å². The van der Waals surface area contributed by atoms with Gasteiger partial charge in [0.1, 0.15) is 5.78 Å². The van der Waals surface area contributed by atoms with Crippen molar-refractivity contribution in [1.82, 2.24) is 0 Å². The molecule has 1 spiro atoms. The minimum atomic E-state index is 0.423. The highest BCUT2D eigenvalue weighted by Crippen LogP contribution is 2.77. The van der Waals surface area contributed by atoms with E-state index in [0.29, 0.717) is 16.6 Å². The molecule has 0 unspecified atom stereocenters. The van der Waals surface area contributed by atoms with E-state index in [0.717, 1.165) is 31.6 Å². The molecule has 15 heavy (non-hydrogen) atoms. The van der Waals surface area contributed by atoms with Crippen LogP contribution in [0.1, 0.15) is 51.9 Å². The molecule has 0 radical (unpaired) electrons. The number of hydrogen-bond acceptors (Lipinski definition) is 1. The van der Waals surface area contributed by atoms with Gasteiger partial charge >= 0.3 is 0 Å². The first-order valence-electron chi connectivity index (χ1n) is 6.14. The third-order valence-electron chi connectivity index (χ3n) is 5.26. The third-order valence-corrected chi connectivity index (χ3v) is 5.26. The van der Waals surface area contributed by atoms with Crippen LogP contribution in [0.3, 0.4) is 0 Å². The van der Waals surface area contributed by atoms with Crippen LogP contribution in [-0.2, 0) is 4.79 Å². The van der Waals surface area contributed by atoms with Crippen LogP contribution >= 0.6 is 0 Å². The Morgan fingerprint density at radius 3 is 3.07 bits per heavy atom. The predicted octanol–water partition coefficient (Wildman–Crippen LogP) is 2.94. The Labute approximate surface area is 91.6 Å². The highest BCUT2D eigenvalue weighted by Gasteiger charge is 2.70. The molecule has 0 amide bonds. The van der Waals surface area contributed by atoms with Gasteiger partial charge in [-0.25, -0.2) is 0 Å².